The van der Waals surface area contributed by atoms with E-state index in [1.807, 2.05) is 0 Å². The molecule has 1 N–H and O–H groups in total. The number of nitrogens with one attached hydrogen (secondary N) is 1. The van der Waals surface area contributed by atoms with E-state index in [4.69, 9.17) is 23.2 Å². The predicted octanol–water partition coefficient (Wildman–Crippen LogP) is 5.33. The molecule has 2 aromatic rings. The smallest absolute Gasteiger partial charge is 0.422 e. The van der Waals surface area contributed by atoms with E-state index in [1.54, 1.807) is 0 Å². The molecule has 2 amide bonds. The van der Waals surface area contributed by atoms with E-state index in [-0.39, 0.29) is 15.7 Å². The Morgan fingerprint density at radius 2 is 1.48 bits per heavy atom. The van der Waals surface area contributed by atoms with E-state index in [0.717, 1.165) is 4.90 Å². The van der Waals surface area contributed by atoms with E-state index >= 15 is 0 Å². The fraction of sp³-hybridized carbons (Fsp3) is 0.312. The summed E-state index contributed by atoms with van der Waals surface area (Å²) < 4.78 is 83.0. The van der Waals surface area contributed by atoms with Crippen LogP contribution in [0.15, 0.2) is 24.3 Å². The lowest BCUT2D eigenvalue weighted by Crippen LogP contribution is -2.32. The number of carbonyl (C=O) groups excluding carboxylic acids is 1. The molecule has 1 heterocycles. The maximum absolute atomic E-state index is 12.4. The lowest BCUT2D eigenvalue weighted by molar-refractivity contribution is -0.154. The van der Waals surface area contributed by atoms with E-state index < -0.39 is 49.3 Å². The van der Waals surface area contributed by atoms with Crippen LogP contribution in [0, 0.1) is 0 Å². The summed E-state index contributed by atoms with van der Waals surface area (Å²) in [6.07, 6.45) is -9.48. The minimum absolute atomic E-state index is 0.139. The van der Waals surface area contributed by atoms with E-state index in [9.17, 15) is 31.1 Å². The SMILES string of the molecule is CN(C(=O)Nc1nc(OCC(F)(F)F)cc(OCC(F)(F)F)n1)c1ccc(Cl)c(Cl)c1. The number of halogens is 8. The van der Waals surface area contributed by atoms with Gasteiger partial charge in [0.1, 0.15) is 0 Å². The second kappa shape index (κ2) is 9.64. The van der Waals surface area contributed by atoms with Crippen molar-refractivity contribution >= 4 is 40.9 Å². The largest absolute Gasteiger partial charge is 0.468 e. The third kappa shape index (κ3) is 8.17. The maximum Gasteiger partial charge on any atom is 0.422 e. The number of alkyl halides is 6. The maximum atomic E-state index is 12.4. The van der Waals surface area contributed by atoms with Crippen molar-refractivity contribution in [2.24, 2.45) is 0 Å². The minimum Gasteiger partial charge on any atom is -0.468 e. The Labute approximate surface area is 180 Å². The molecule has 7 nitrogen and oxygen atoms in total. The van der Waals surface area contributed by atoms with Crippen molar-refractivity contribution in [2.75, 3.05) is 30.5 Å². The van der Waals surface area contributed by atoms with Crippen molar-refractivity contribution in [3.05, 3.63) is 34.3 Å². The van der Waals surface area contributed by atoms with Crippen molar-refractivity contribution < 1.29 is 40.6 Å². The van der Waals surface area contributed by atoms with E-state index in [2.05, 4.69) is 24.8 Å². The number of urea groups is 1. The van der Waals surface area contributed by atoms with Gasteiger partial charge >= 0.3 is 18.4 Å². The summed E-state index contributed by atoms with van der Waals surface area (Å²) in [6, 6.07) is 3.93. The van der Waals surface area contributed by atoms with Crippen LogP contribution in [-0.2, 0) is 0 Å². The van der Waals surface area contributed by atoms with Crippen LogP contribution in [0.4, 0.5) is 42.8 Å². The summed E-state index contributed by atoms with van der Waals surface area (Å²) in [5.74, 6) is -2.19. The summed E-state index contributed by atoms with van der Waals surface area (Å²) >= 11 is 11.7. The number of hydrogen-bond acceptors (Lipinski definition) is 5. The zero-order chi connectivity index (χ0) is 23.4. The average molecular weight is 493 g/mol. The summed E-state index contributed by atoms with van der Waals surface area (Å²) in [5.41, 5.74) is 0.268. The molecule has 0 unspecified atom stereocenters. The summed E-state index contributed by atoms with van der Waals surface area (Å²) in [5, 5.41) is 2.48. The average Bonchev–Trinajstić information content (AvgIpc) is 2.65. The van der Waals surface area contributed by atoms with Crippen LogP contribution in [0.3, 0.4) is 0 Å². The molecule has 170 valence electrons. The minimum atomic E-state index is -4.74. The topological polar surface area (TPSA) is 76.6 Å². The van der Waals surface area contributed by atoms with Gasteiger partial charge in [0.05, 0.1) is 16.1 Å². The standard InChI is InChI=1S/C16H12Cl2F6N4O3/c1-28(8-2-3-9(17)10(18)4-8)14(29)27-13-25-11(30-6-15(19,20)21)5-12(26-13)31-7-16(22,23)24/h2-5H,6-7H2,1H3,(H,25,26,27,29). The first-order valence-corrected chi connectivity index (χ1v) is 8.77. The normalized spacial score (nSPS) is 11.8. The summed E-state index contributed by atoms with van der Waals surface area (Å²) in [4.78, 5) is 20.5. The molecule has 0 spiro atoms. The van der Waals surface area contributed by atoms with Crippen LogP contribution in [-0.4, -0.2) is 48.6 Å². The van der Waals surface area contributed by atoms with Crippen molar-refractivity contribution in [2.45, 2.75) is 12.4 Å². The number of hydrogen-bond donors (Lipinski definition) is 1. The highest BCUT2D eigenvalue weighted by Gasteiger charge is 2.30. The molecule has 0 aliphatic heterocycles. The molecule has 15 heteroatoms. The fourth-order valence-corrected chi connectivity index (χ4v) is 2.20. The highest BCUT2D eigenvalue weighted by Crippen LogP contribution is 2.27. The first kappa shape index (κ1) is 24.6. The Bertz CT molecular complexity index is 906. The number of nitrogens with zero attached hydrogens (tertiary/aromatic N) is 3. The number of amides is 2. The molecule has 0 fully saturated rings. The molecule has 31 heavy (non-hydrogen) atoms. The lowest BCUT2D eigenvalue weighted by atomic mass is 10.3. The van der Waals surface area contributed by atoms with Crippen molar-refractivity contribution in [3.8, 4) is 11.8 Å². The molecule has 0 atom stereocenters. The molecule has 0 saturated heterocycles. The highest BCUT2D eigenvalue weighted by atomic mass is 35.5. The highest BCUT2D eigenvalue weighted by molar-refractivity contribution is 6.42. The number of benzene rings is 1. The van der Waals surface area contributed by atoms with Gasteiger partial charge in [0.25, 0.3) is 0 Å². The number of anilines is 2. The molecular formula is C16H12Cl2F6N4O3. The predicted molar refractivity (Wildman–Crippen MR) is 99.0 cm³/mol. The van der Waals surface area contributed by atoms with Crippen LogP contribution in [0.5, 0.6) is 11.8 Å². The number of aromatic nitrogens is 2. The van der Waals surface area contributed by atoms with Crippen LogP contribution < -0.4 is 19.7 Å². The van der Waals surface area contributed by atoms with Crippen LogP contribution in [0.25, 0.3) is 0 Å². The van der Waals surface area contributed by atoms with Crippen molar-refractivity contribution in [3.63, 3.8) is 0 Å². The third-order valence-electron chi connectivity index (χ3n) is 3.26. The van der Waals surface area contributed by atoms with Crippen molar-refractivity contribution in [1.29, 1.82) is 0 Å². The number of carbonyl (C=O) groups is 1. The first-order chi connectivity index (χ1) is 14.2. The summed E-state index contributed by atoms with van der Waals surface area (Å²) in [7, 11) is 1.31. The van der Waals surface area contributed by atoms with Gasteiger partial charge in [-0.15, -0.1) is 0 Å². The van der Waals surface area contributed by atoms with Crippen LogP contribution in [0.2, 0.25) is 10.0 Å². The first-order valence-electron chi connectivity index (χ1n) is 8.01. The van der Waals surface area contributed by atoms with Crippen LogP contribution in [0.1, 0.15) is 0 Å². The Morgan fingerprint density at radius 1 is 0.968 bits per heavy atom. The monoisotopic (exact) mass is 492 g/mol. The van der Waals surface area contributed by atoms with Gasteiger partial charge < -0.3 is 9.47 Å². The fourth-order valence-electron chi connectivity index (χ4n) is 1.91. The molecule has 0 saturated carbocycles. The van der Waals surface area contributed by atoms with Gasteiger partial charge in [-0.2, -0.15) is 36.3 Å². The second-order valence-corrected chi connectivity index (χ2v) is 6.58. The quantitative estimate of drug-likeness (QED) is 0.551. The molecule has 1 aromatic carbocycles. The Kier molecular flexibility index (Phi) is 7.65. The zero-order valence-electron chi connectivity index (χ0n) is 15.3. The molecule has 1 aromatic heterocycles. The van der Waals surface area contributed by atoms with Gasteiger partial charge in [-0.1, -0.05) is 23.2 Å². The van der Waals surface area contributed by atoms with Gasteiger partial charge in [-0.05, 0) is 18.2 Å². The van der Waals surface area contributed by atoms with Gasteiger partial charge in [0.2, 0.25) is 17.7 Å². The van der Waals surface area contributed by atoms with Gasteiger partial charge in [-0.25, -0.2) is 4.79 Å². The van der Waals surface area contributed by atoms with Gasteiger partial charge in [0, 0.05) is 12.7 Å². The zero-order valence-corrected chi connectivity index (χ0v) is 16.8. The Morgan fingerprint density at radius 3 is 1.94 bits per heavy atom. The molecule has 0 radical (unpaired) electrons. The summed E-state index contributed by atoms with van der Waals surface area (Å²) in [6.45, 7) is -3.56. The third-order valence-corrected chi connectivity index (χ3v) is 4.00. The Balaban J connectivity index is 2.23. The van der Waals surface area contributed by atoms with Gasteiger partial charge in [0.15, 0.2) is 13.2 Å². The number of rotatable bonds is 6. The number of ether oxygens (including phenoxy) is 2. The molecule has 0 aliphatic carbocycles. The molecule has 2 rings (SSSR count). The van der Waals surface area contributed by atoms with E-state index in [0.29, 0.717) is 6.07 Å². The Hall–Kier alpha value is -2.67. The molecular weight excluding hydrogens is 481 g/mol. The van der Waals surface area contributed by atoms with E-state index in [1.165, 1.54) is 25.2 Å². The van der Waals surface area contributed by atoms with Crippen LogP contribution >= 0.6 is 23.2 Å². The molecule has 0 aliphatic rings. The second-order valence-electron chi connectivity index (χ2n) is 5.76. The lowest BCUT2D eigenvalue weighted by Gasteiger charge is -2.18. The van der Waals surface area contributed by atoms with Crippen molar-refractivity contribution in [1.82, 2.24) is 9.97 Å². The molecule has 0 bridgehead atoms. The van der Waals surface area contributed by atoms with Gasteiger partial charge in [-0.3, -0.25) is 10.2 Å².